The maximum Gasteiger partial charge on any atom is 0.217 e. The van der Waals surface area contributed by atoms with Gasteiger partial charge < -0.3 is 10.7 Å². The zero-order valence-corrected chi connectivity index (χ0v) is 11.4. The van der Waals surface area contributed by atoms with E-state index in [0.717, 1.165) is 27.7 Å². The number of primary amides is 1. The number of aromatic amines is 1. The number of fused-ring (bicyclic) bond motifs is 1. The van der Waals surface area contributed by atoms with E-state index < -0.39 is 0 Å². The summed E-state index contributed by atoms with van der Waals surface area (Å²) in [7, 11) is 0. The number of hydrogen-bond donors (Lipinski definition) is 2. The molecule has 0 saturated heterocycles. The van der Waals surface area contributed by atoms with Crippen molar-refractivity contribution in [2.45, 2.75) is 12.8 Å². The lowest BCUT2D eigenvalue weighted by molar-refractivity contribution is -0.117. The van der Waals surface area contributed by atoms with Gasteiger partial charge in [0, 0.05) is 23.0 Å². The number of nitrogens with one attached hydrogen (secondary N) is 1. The molecule has 0 atom stereocenters. The molecule has 3 N–H and O–H groups in total. The van der Waals surface area contributed by atoms with E-state index in [2.05, 4.69) is 4.98 Å². The Labute approximate surface area is 121 Å². The number of amides is 1. The molecule has 0 bridgehead atoms. The van der Waals surface area contributed by atoms with E-state index in [0.29, 0.717) is 6.42 Å². The minimum absolute atomic E-state index is 0.270. The van der Waals surface area contributed by atoms with Gasteiger partial charge in [-0.15, -0.1) is 0 Å². The molecule has 3 aromatic rings. The summed E-state index contributed by atoms with van der Waals surface area (Å²) in [5, 5.41) is 1.07. The minimum Gasteiger partial charge on any atom is -0.370 e. The number of benzene rings is 2. The molecule has 21 heavy (non-hydrogen) atoms. The standard InChI is InChI=1S/C17H15FN2O/c18-12-7-5-11(6-8-12)17-14(9-10-16(19)21)13-3-1-2-4-15(13)20-17/h1-8,20H,9-10H2,(H2,19,21). The molecule has 0 radical (unpaired) electrons. The Balaban J connectivity index is 2.13. The number of halogens is 1. The summed E-state index contributed by atoms with van der Waals surface area (Å²) >= 11 is 0. The fourth-order valence-corrected chi connectivity index (χ4v) is 2.57. The Hall–Kier alpha value is -2.62. The van der Waals surface area contributed by atoms with Crippen LogP contribution in [0.3, 0.4) is 0 Å². The van der Waals surface area contributed by atoms with Crippen molar-refractivity contribution < 1.29 is 9.18 Å². The van der Waals surface area contributed by atoms with Crippen molar-refractivity contribution in [2.24, 2.45) is 5.73 Å². The molecule has 0 aliphatic rings. The van der Waals surface area contributed by atoms with Gasteiger partial charge in [-0.3, -0.25) is 4.79 Å². The molecule has 0 fully saturated rings. The highest BCUT2D eigenvalue weighted by Crippen LogP contribution is 2.31. The highest BCUT2D eigenvalue weighted by Gasteiger charge is 2.13. The fraction of sp³-hybridized carbons (Fsp3) is 0.118. The van der Waals surface area contributed by atoms with Crippen molar-refractivity contribution in [3.8, 4) is 11.3 Å². The molecule has 3 nitrogen and oxygen atoms in total. The molecule has 1 aromatic heterocycles. The molecule has 2 aromatic carbocycles. The van der Waals surface area contributed by atoms with Crippen molar-refractivity contribution in [1.29, 1.82) is 0 Å². The molecule has 0 spiro atoms. The summed E-state index contributed by atoms with van der Waals surface area (Å²) in [5.41, 5.74) is 9.11. The molecule has 3 rings (SSSR count). The average molecular weight is 282 g/mol. The SMILES string of the molecule is NC(=O)CCc1c(-c2ccc(F)cc2)[nH]c2ccccc12. The second-order valence-corrected chi connectivity index (χ2v) is 5.00. The van der Waals surface area contributed by atoms with Gasteiger partial charge in [-0.2, -0.15) is 0 Å². The van der Waals surface area contributed by atoms with Crippen molar-refractivity contribution >= 4 is 16.8 Å². The van der Waals surface area contributed by atoms with Crippen LogP contribution in [-0.4, -0.2) is 10.9 Å². The van der Waals surface area contributed by atoms with Gasteiger partial charge in [-0.25, -0.2) is 4.39 Å². The summed E-state index contributed by atoms with van der Waals surface area (Å²) in [6.07, 6.45) is 0.849. The number of rotatable bonds is 4. The van der Waals surface area contributed by atoms with Crippen LogP contribution in [0.4, 0.5) is 4.39 Å². The maximum absolute atomic E-state index is 13.1. The first-order chi connectivity index (χ1) is 10.1. The van der Waals surface area contributed by atoms with E-state index in [1.807, 2.05) is 24.3 Å². The first-order valence-corrected chi connectivity index (χ1v) is 6.79. The lowest BCUT2D eigenvalue weighted by Gasteiger charge is -2.04. The van der Waals surface area contributed by atoms with Gasteiger partial charge in [0.15, 0.2) is 0 Å². The third kappa shape index (κ3) is 2.65. The molecule has 1 heterocycles. The fourth-order valence-electron chi connectivity index (χ4n) is 2.57. The van der Waals surface area contributed by atoms with Gasteiger partial charge in [0.05, 0.1) is 0 Å². The number of carbonyl (C=O) groups excluding carboxylic acids is 1. The Morgan fingerprint density at radius 3 is 2.52 bits per heavy atom. The van der Waals surface area contributed by atoms with Crippen LogP contribution in [0.25, 0.3) is 22.2 Å². The van der Waals surface area contributed by atoms with Gasteiger partial charge >= 0.3 is 0 Å². The van der Waals surface area contributed by atoms with E-state index in [9.17, 15) is 9.18 Å². The average Bonchev–Trinajstić information content (AvgIpc) is 2.84. The smallest absolute Gasteiger partial charge is 0.217 e. The molecule has 0 saturated carbocycles. The second-order valence-electron chi connectivity index (χ2n) is 5.00. The molecule has 106 valence electrons. The number of hydrogen-bond acceptors (Lipinski definition) is 1. The predicted molar refractivity (Wildman–Crippen MR) is 81.2 cm³/mol. The first kappa shape index (κ1) is 13.4. The third-order valence-corrected chi connectivity index (χ3v) is 3.57. The van der Waals surface area contributed by atoms with Gasteiger partial charge in [0.2, 0.25) is 5.91 Å². The van der Waals surface area contributed by atoms with E-state index >= 15 is 0 Å². The molecule has 0 aliphatic heterocycles. The Kier molecular flexibility index (Phi) is 3.44. The summed E-state index contributed by atoms with van der Waals surface area (Å²) in [6, 6.07) is 14.2. The zero-order valence-electron chi connectivity index (χ0n) is 11.4. The maximum atomic E-state index is 13.1. The van der Waals surface area contributed by atoms with Crippen molar-refractivity contribution in [3.05, 3.63) is 59.9 Å². The van der Waals surface area contributed by atoms with Crippen LogP contribution < -0.4 is 5.73 Å². The lowest BCUT2D eigenvalue weighted by Crippen LogP contribution is -2.11. The number of carbonyl (C=O) groups is 1. The van der Waals surface area contributed by atoms with Gasteiger partial charge in [0.1, 0.15) is 5.82 Å². The monoisotopic (exact) mass is 282 g/mol. The van der Waals surface area contributed by atoms with Crippen LogP contribution in [0.1, 0.15) is 12.0 Å². The van der Waals surface area contributed by atoms with Crippen molar-refractivity contribution in [2.75, 3.05) is 0 Å². The minimum atomic E-state index is -0.328. The molecule has 1 amide bonds. The zero-order chi connectivity index (χ0) is 14.8. The normalized spacial score (nSPS) is 10.9. The van der Waals surface area contributed by atoms with Crippen LogP contribution in [0, 0.1) is 5.82 Å². The number of para-hydroxylation sites is 1. The van der Waals surface area contributed by atoms with Gasteiger partial charge in [0.25, 0.3) is 0 Å². The third-order valence-electron chi connectivity index (χ3n) is 3.57. The summed E-state index contributed by atoms with van der Waals surface area (Å²) in [6.45, 7) is 0. The van der Waals surface area contributed by atoms with Crippen LogP contribution >= 0.6 is 0 Å². The predicted octanol–water partition coefficient (Wildman–Crippen LogP) is 3.39. The van der Waals surface area contributed by atoms with E-state index in [4.69, 9.17) is 5.73 Å². The number of aromatic nitrogens is 1. The molecular formula is C17H15FN2O. The number of H-pyrrole nitrogens is 1. The summed E-state index contributed by atoms with van der Waals surface area (Å²) < 4.78 is 13.1. The molecule has 4 heteroatoms. The van der Waals surface area contributed by atoms with E-state index in [-0.39, 0.29) is 18.1 Å². The van der Waals surface area contributed by atoms with Crippen LogP contribution in [0.15, 0.2) is 48.5 Å². The van der Waals surface area contributed by atoms with Crippen LogP contribution in [-0.2, 0) is 11.2 Å². The molecule has 0 aliphatic carbocycles. The topological polar surface area (TPSA) is 58.9 Å². The van der Waals surface area contributed by atoms with Crippen LogP contribution in [0.5, 0.6) is 0 Å². The summed E-state index contributed by atoms with van der Waals surface area (Å²) in [5.74, 6) is -0.598. The Morgan fingerprint density at radius 2 is 1.81 bits per heavy atom. The van der Waals surface area contributed by atoms with E-state index in [1.165, 1.54) is 12.1 Å². The molecule has 0 unspecified atom stereocenters. The van der Waals surface area contributed by atoms with Gasteiger partial charge in [-0.05, 0) is 47.9 Å². The van der Waals surface area contributed by atoms with E-state index in [1.54, 1.807) is 12.1 Å². The second kappa shape index (κ2) is 5.40. The van der Waals surface area contributed by atoms with Crippen LogP contribution in [0.2, 0.25) is 0 Å². The number of nitrogens with two attached hydrogens (primary N) is 1. The molecular weight excluding hydrogens is 267 g/mol. The largest absolute Gasteiger partial charge is 0.370 e. The first-order valence-electron chi connectivity index (χ1n) is 6.79. The van der Waals surface area contributed by atoms with Crippen molar-refractivity contribution in [3.63, 3.8) is 0 Å². The number of aryl methyl sites for hydroxylation is 1. The highest BCUT2D eigenvalue weighted by atomic mass is 19.1. The lowest BCUT2D eigenvalue weighted by atomic mass is 10.0. The Morgan fingerprint density at radius 1 is 1.10 bits per heavy atom. The van der Waals surface area contributed by atoms with Gasteiger partial charge in [-0.1, -0.05) is 18.2 Å². The highest BCUT2D eigenvalue weighted by molar-refractivity contribution is 5.91. The van der Waals surface area contributed by atoms with Crippen molar-refractivity contribution in [1.82, 2.24) is 4.98 Å². The summed E-state index contributed by atoms with van der Waals surface area (Å²) in [4.78, 5) is 14.4. The quantitative estimate of drug-likeness (QED) is 0.757. The Bertz CT molecular complexity index is 790.